The van der Waals surface area contributed by atoms with Crippen LogP contribution in [-0.4, -0.2) is 52.1 Å². The smallest absolute Gasteiger partial charge is 0.238 e. The maximum Gasteiger partial charge on any atom is 0.238 e. The lowest BCUT2D eigenvalue weighted by Crippen LogP contribution is -2.51. The summed E-state index contributed by atoms with van der Waals surface area (Å²) in [6.45, 7) is 0.600. The van der Waals surface area contributed by atoms with Crippen LogP contribution in [0.1, 0.15) is 25.1 Å². The number of nitrogens with zero attached hydrogens (tertiary/aromatic N) is 4. The average molecular weight is 337 g/mol. The number of amides is 1. The molecule has 0 aromatic carbocycles. The third kappa shape index (κ3) is 3.35. The SMILES string of the molecule is CS(=O)(=O)N1CCCCC1C(=O)NCc1nnc2ccccn12. The summed E-state index contributed by atoms with van der Waals surface area (Å²) in [5.41, 5.74) is 0.701. The molecular formula is C14H19N5O3S. The van der Waals surface area contributed by atoms with Gasteiger partial charge in [-0.1, -0.05) is 12.5 Å². The van der Waals surface area contributed by atoms with Gasteiger partial charge in [-0.25, -0.2) is 8.42 Å². The van der Waals surface area contributed by atoms with Crippen molar-refractivity contribution in [3.05, 3.63) is 30.2 Å². The summed E-state index contributed by atoms with van der Waals surface area (Å²) in [6.07, 6.45) is 5.13. The van der Waals surface area contributed by atoms with Crippen molar-refractivity contribution in [1.82, 2.24) is 24.2 Å². The molecule has 1 unspecified atom stereocenters. The van der Waals surface area contributed by atoms with Gasteiger partial charge in [0.2, 0.25) is 15.9 Å². The molecule has 1 aliphatic heterocycles. The zero-order valence-corrected chi connectivity index (χ0v) is 13.7. The fourth-order valence-electron chi connectivity index (χ4n) is 2.86. The quantitative estimate of drug-likeness (QED) is 0.857. The van der Waals surface area contributed by atoms with Gasteiger partial charge in [0.15, 0.2) is 11.5 Å². The fourth-order valence-corrected chi connectivity index (χ4v) is 3.98. The molecule has 0 aliphatic carbocycles. The second-order valence-electron chi connectivity index (χ2n) is 5.65. The first-order valence-corrected chi connectivity index (χ1v) is 9.35. The summed E-state index contributed by atoms with van der Waals surface area (Å²) >= 11 is 0. The standard InChI is InChI=1S/C14H19N5O3S/c1-23(21,22)19-9-5-2-6-11(19)14(20)15-10-13-17-16-12-7-3-4-8-18(12)13/h3-4,7-8,11H,2,5-6,9-10H2,1H3,(H,15,20). The minimum absolute atomic E-state index is 0.206. The molecule has 23 heavy (non-hydrogen) atoms. The summed E-state index contributed by atoms with van der Waals surface area (Å²) in [5.74, 6) is 0.318. The number of hydrogen-bond acceptors (Lipinski definition) is 5. The largest absolute Gasteiger partial charge is 0.347 e. The highest BCUT2D eigenvalue weighted by Crippen LogP contribution is 2.20. The molecule has 0 bridgehead atoms. The number of sulfonamides is 1. The Morgan fingerprint density at radius 1 is 1.35 bits per heavy atom. The van der Waals surface area contributed by atoms with E-state index in [4.69, 9.17) is 0 Å². The lowest BCUT2D eigenvalue weighted by molar-refractivity contribution is -0.125. The zero-order valence-electron chi connectivity index (χ0n) is 12.8. The number of carbonyl (C=O) groups is 1. The lowest BCUT2D eigenvalue weighted by Gasteiger charge is -2.32. The number of fused-ring (bicyclic) bond motifs is 1. The van der Waals surface area contributed by atoms with Crippen molar-refractivity contribution in [3.8, 4) is 0 Å². The van der Waals surface area contributed by atoms with E-state index in [9.17, 15) is 13.2 Å². The second-order valence-corrected chi connectivity index (χ2v) is 7.58. The number of rotatable bonds is 4. The van der Waals surface area contributed by atoms with Gasteiger partial charge >= 0.3 is 0 Å². The summed E-state index contributed by atoms with van der Waals surface area (Å²) in [4.78, 5) is 12.4. The lowest BCUT2D eigenvalue weighted by atomic mass is 10.0. The molecule has 124 valence electrons. The van der Waals surface area contributed by atoms with Crippen molar-refractivity contribution in [2.24, 2.45) is 0 Å². The highest BCUT2D eigenvalue weighted by atomic mass is 32.2. The summed E-state index contributed by atoms with van der Waals surface area (Å²) in [5, 5.41) is 10.8. The highest BCUT2D eigenvalue weighted by Gasteiger charge is 2.34. The van der Waals surface area contributed by atoms with E-state index < -0.39 is 16.1 Å². The van der Waals surface area contributed by atoms with E-state index in [0.29, 0.717) is 24.4 Å². The van der Waals surface area contributed by atoms with E-state index in [2.05, 4.69) is 15.5 Å². The summed E-state index contributed by atoms with van der Waals surface area (Å²) in [6, 6.07) is 4.90. The molecule has 2 aromatic heterocycles. The second kappa shape index (κ2) is 6.25. The molecule has 1 saturated heterocycles. The van der Waals surface area contributed by atoms with E-state index in [1.54, 1.807) is 4.40 Å². The molecule has 8 nitrogen and oxygen atoms in total. The molecule has 1 aliphatic rings. The Bertz CT molecular complexity index is 817. The molecule has 3 heterocycles. The third-order valence-electron chi connectivity index (χ3n) is 3.99. The Balaban J connectivity index is 1.71. The molecule has 0 radical (unpaired) electrons. The first-order chi connectivity index (χ1) is 11.0. The van der Waals surface area contributed by atoms with E-state index >= 15 is 0 Å². The average Bonchev–Trinajstić information content (AvgIpc) is 2.95. The van der Waals surface area contributed by atoms with Crippen molar-refractivity contribution in [3.63, 3.8) is 0 Å². The van der Waals surface area contributed by atoms with E-state index in [1.807, 2.05) is 24.4 Å². The number of piperidine rings is 1. The number of pyridine rings is 1. The van der Waals surface area contributed by atoms with Crippen LogP contribution in [0.5, 0.6) is 0 Å². The first kappa shape index (κ1) is 15.9. The van der Waals surface area contributed by atoms with E-state index in [0.717, 1.165) is 19.1 Å². The van der Waals surface area contributed by atoms with E-state index in [1.165, 1.54) is 4.31 Å². The molecule has 2 aromatic rings. The summed E-state index contributed by atoms with van der Waals surface area (Å²) < 4.78 is 26.7. The van der Waals surface area contributed by atoms with Crippen molar-refractivity contribution in [1.29, 1.82) is 0 Å². The molecule has 0 saturated carbocycles. The minimum Gasteiger partial charge on any atom is -0.347 e. The molecule has 1 N–H and O–H groups in total. The predicted octanol–water partition coefficient (Wildman–Crippen LogP) is 0.160. The van der Waals surface area contributed by atoms with Crippen LogP contribution in [0.25, 0.3) is 5.65 Å². The number of aromatic nitrogens is 3. The number of hydrogen-bond donors (Lipinski definition) is 1. The van der Waals surface area contributed by atoms with Crippen LogP contribution in [0.2, 0.25) is 0 Å². The van der Waals surface area contributed by atoms with Crippen molar-refractivity contribution >= 4 is 21.6 Å². The molecule has 1 fully saturated rings. The molecule has 1 atom stereocenters. The fraction of sp³-hybridized carbons (Fsp3) is 0.500. The van der Waals surface area contributed by atoms with Crippen molar-refractivity contribution in [2.75, 3.05) is 12.8 Å². The van der Waals surface area contributed by atoms with Gasteiger partial charge in [0, 0.05) is 12.7 Å². The topological polar surface area (TPSA) is 96.7 Å². The Morgan fingerprint density at radius 3 is 2.96 bits per heavy atom. The Hall–Kier alpha value is -2.00. The van der Waals surface area contributed by atoms with Crippen LogP contribution in [0.4, 0.5) is 0 Å². The van der Waals surface area contributed by atoms with Crippen LogP contribution in [0.15, 0.2) is 24.4 Å². The van der Waals surface area contributed by atoms with Gasteiger partial charge < -0.3 is 5.32 Å². The number of nitrogens with one attached hydrogen (secondary N) is 1. The van der Waals surface area contributed by atoms with Gasteiger partial charge in [-0.3, -0.25) is 9.20 Å². The minimum atomic E-state index is -3.39. The van der Waals surface area contributed by atoms with Gasteiger partial charge in [0.05, 0.1) is 12.8 Å². The van der Waals surface area contributed by atoms with Crippen molar-refractivity contribution < 1.29 is 13.2 Å². The monoisotopic (exact) mass is 337 g/mol. The molecule has 9 heteroatoms. The Labute approximate surface area is 134 Å². The molecule has 0 spiro atoms. The third-order valence-corrected chi connectivity index (χ3v) is 5.28. The van der Waals surface area contributed by atoms with Crippen LogP contribution < -0.4 is 5.32 Å². The van der Waals surface area contributed by atoms with Gasteiger partial charge in [-0.15, -0.1) is 10.2 Å². The van der Waals surface area contributed by atoms with Crippen LogP contribution >= 0.6 is 0 Å². The number of carbonyl (C=O) groups excluding carboxylic acids is 1. The zero-order chi connectivity index (χ0) is 16.4. The first-order valence-electron chi connectivity index (χ1n) is 7.50. The maximum absolute atomic E-state index is 12.4. The van der Waals surface area contributed by atoms with Crippen LogP contribution in [0.3, 0.4) is 0 Å². The van der Waals surface area contributed by atoms with Crippen LogP contribution in [-0.2, 0) is 21.4 Å². The highest BCUT2D eigenvalue weighted by molar-refractivity contribution is 7.88. The Morgan fingerprint density at radius 2 is 2.17 bits per heavy atom. The normalized spacial score (nSPS) is 19.8. The van der Waals surface area contributed by atoms with Crippen molar-refractivity contribution in [2.45, 2.75) is 31.8 Å². The molecule has 3 rings (SSSR count). The molecule has 1 amide bonds. The Kier molecular flexibility index (Phi) is 4.31. The van der Waals surface area contributed by atoms with E-state index in [-0.39, 0.29) is 12.5 Å². The maximum atomic E-state index is 12.4. The summed E-state index contributed by atoms with van der Waals surface area (Å²) in [7, 11) is -3.39. The predicted molar refractivity (Wildman–Crippen MR) is 84.0 cm³/mol. The van der Waals surface area contributed by atoms with Gasteiger partial charge in [0.1, 0.15) is 6.04 Å². The van der Waals surface area contributed by atoms with Gasteiger partial charge in [0.25, 0.3) is 0 Å². The van der Waals surface area contributed by atoms with Gasteiger partial charge in [-0.2, -0.15) is 4.31 Å². The van der Waals surface area contributed by atoms with Gasteiger partial charge in [-0.05, 0) is 25.0 Å². The molecular weight excluding hydrogens is 318 g/mol. The van der Waals surface area contributed by atoms with Crippen LogP contribution in [0, 0.1) is 0 Å².